The molecule has 0 saturated heterocycles. The third-order valence-corrected chi connectivity index (χ3v) is 2.06. The Morgan fingerprint density at radius 3 is 2.71 bits per heavy atom. The Morgan fingerprint density at radius 1 is 1.53 bits per heavy atom. The predicted octanol–water partition coefficient (Wildman–Crippen LogP) is 1.87. The van der Waals surface area contributed by atoms with E-state index in [1.165, 1.54) is 6.08 Å². The van der Waals surface area contributed by atoms with E-state index in [9.17, 15) is 4.79 Å². The molecule has 1 aromatic rings. The number of allylic oxidation sites excluding steroid dienone is 1. The number of nitrogens with two attached hydrogens (primary N) is 1. The number of carbonyl (C=O) groups excluding carboxylic acids is 1. The fourth-order valence-electron chi connectivity index (χ4n) is 1.35. The minimum atomic E-state index is -0.383. The molecular weight excluding hydrogens is 216 g/mol. The molecule has 1 aromatic carbocycles. The van der Waals surface area contributed by atoms with Crippen molar-refractivity contribution in [3.8, 4) is 11.8 Å². The summed E-state index contributed by atoms with van der Waals surface area (Å²) in [6, 6.07) is 9.16. The second-order valence-electron chi connectivity index (χ2n) is 3.63. The van der Waals surface area contributed by atoms with Crippen molar-refractivity contribution in [2.75, 3.05) is 0 Å². The highest BCUT2D eigenvalue weighted by molar-refractivity contribution is 5.74. The van der Waals surface area contributed by atoms with Gasteiger partial charge in [0.1, 0.15) is 11.9 Å². The van der Waals surface area contributed by atoms with Crippen LogP contribution in [0.1, 0.15) is 18.9 Å². The Balaban J connectivity index is 2.59. The molecule has 0 aromatic heterocycles. The first kappa shape index (κ1) is 12.8. The van der Waals surface area contributed by atoms with E-state index >= 15 is 0 Å². The van der Waals surface area contributed by atoms with E-state index in [4.69, 9.17) is 15.7 Å². The maximum Gasteiger partial charge on any atom is 0.221 e. The van der Waals surface area contributed by atoms with Crippen LogP contribution in [0, 0.1) is 11.3 Å². The highest BCUT2D eigenvalue weighted by Gasteiger charge is 2.07. The zero-order valence-corrected chi connectivity index (χ0v) is 9.59. The lowest BCUT2D eigenvalue weighted by Crippen LogP contribution is -2.22. The van der Waals surface area contributed by atoms with Gasteiger partial charge in [0.05, 0.1) is 12.5 Å². The number of amides is 1. The van der Waals surface area contributed by atoms with Crippen LogP contribution in [0.25, 0.3) is 6.08 Å². The lowest BCUT2D eigenvalue weighted by atomic mass is 10.2. The van der Waals surface area contributed by atoms with Gasteiger partial charge in [0.15, 0.2) is 0 Å². The molecular formula is C13H14N2O2. The average molecular weight is 230 g/mol. The van der Waals surface area contributed by atoms with E-state index in [0.29, 0.717) is 5.75 Å². The fraction of sp³-hybridized carbons (Fsp3) is 0.231. The summed E-state index contributed by atoms with van der Waals surface area (Å²) in [7, 11) is 0. The van der Waals surface area contributed by atoms with Crippen molar-refractivity contribution in [3.05, 3.63) is 35.9 Å². The van der Waals surface area contributed by atoms with Crippen LogP contribution in [0.15, 0.2) is 30.3 Å². The Morgan fingerprint density at radius 2 is 2.18 bits per heavy atom. The van der Waals surface area contributed by atoms with Crippen LogP contribution >= 0.6 is 0 Å². The minimum absolute atomic E-state index is 0.191. The Hall–Kier alpha value is -2.28. The van der Waals surface area contributed by atoms with E-state index in [1.54, 1.807) is 25.1 Å². The van der Waals surface area contributed by atoms with Crippen molar-refractivity contribution < 1.29 is 9.53 Å². The molecule has 1 rings (SSSR count). The molecule has 0 spiro atoms. The van der Waals surface area contributed by atoms with Gasteiger partial charge >= 0.3 is 0 Å². The van der Waals surface area contributed by atoms with Crippen LogP contribution in [0.3, 0.4) is 0 Å². The van der Waals surface area contributed by atoms with Gasteiger partial charge in [-0.3, -0.25) is 4.79 Å². The topological polar surface area (TPSA) is 76.1 Å². The van der Waals surface area contributed by atoms with Crippen LogP contribution in [0.2, 0.25) is 0 Å². The largest absolute Gasteiger partial charge is 0.490 e. The molecule has 88 valence electrons. The third-order valence-electron chi connectivity index (χ3n) is 2.06. The van der Waals surface area contributed by atoms with Crippen molar-refractivity contribution in [3.63, 3.8) is 0 Å². The molecule has 4 nitrogen and oxygen atoms in total. The summed E-state index contributed by atoms with van der Waals surface area (Å²) < 4.78 is 5.49. The van der Waals surface area contributed by atoms with Gasteiger partial charge in [-0.15, -0.1) is 0 Å². The fourth-order valence-corrected chi connectivity index (χ4v) is 1.35. The van der Waals surface area contributed by atoms with Crippen molar-refractivity contribution >= 4 is 12.0 Å². The van der Waals surface area contributed by atoms with E-state index in [0.717, 1.165) is 5.56 Å². The molecule has 4 heteroatoms. The second kappa shape index (κ2) is 6.33. The van der Waals surface area contributed by atoms with Crippen LogP contribution in [0.5, 0.6) is 5.75 Å². The van der Waals surface area contributed by atoms with E-state index < -0.39 is 0 Å². The molecule has 0 fully saturated rings. The molecule has 0 heterocycles. The monoisotopic (exact) mass is 230 g/mol. The summed E-state index contributed by atoms with van der Waals surface area (Å²) in [6.45, 7) is 1.79. The highest BCUT2D eigenvalue weighted by atomic mass is 16.5. The van der Waals surface area contributed by atoms with E-state index in [2.05, 4.69) is 0 Å². The number of hydrogen-bond acceptors (Lipinski definition) is 3. The molecule has 0 bridgehead atoms. The minimum Gasteiger partial charge on any atom is -0.490 e. The molecule has 1 amide bonds. The summed E-state index contributed by atoms with van der Waals surface area (Å²) >= 11 is 0. The van der Waals surface area contributed by atoms with Crippen LogP contribution in [-0.2, 0) is 4.79 Å². The van der Waals surface area contributed by atoms with Gasteiger partial charge in [-0.1, -0.05) is 12.1 Å². The van der Waals surface area contributed by atoms with Crippen molar-refractivity contribution in [1.82, 2.24) is 0 Å². The van der Waals surface area contributed by atoms with Crippen molar-refractivity contribution in [1.29, 1.82) is 5.26 Å². The number of rotatable bonds is 5. The summed E-state index contributed by atoms with van der Waals surface area (Å²) in [5.74, 6) is 0.291. The molecule has 0 aliphatic rings. The first-order chi connectivity index (χ1) is 8.11. The van der Waals surface area contributed by atoms with Gasteiger partial charge in [0.2, 0.25) is 5.91 Å². The van der Waals surface area contributed by atoms with Crippen LogP contribution in [-0.4, -0.2) is 12.0 Å². The summed E-state index contributed by atoms with van der Waals surface area (Å²) in [5.41, 5.74) is 5.99. The lowest BCUT2D eigenvalue weighted by Gasteiger charge is -2.12. The summed E-state index contributed by atoms with van der Waals surface area (Å²) in [6.07, 6.45) is 3.06. The molecule has 17 heavy (non-hydrogen) atoms. The maximum atomic E-state index is 10.7. The van der Waals surface area contributed by atoms with Crippen molar-refractivity contribution in [2.45, 2.75) is 19.4 Å². The quantitative estimate of drug-likeness (QED) is 0.784. The maximum absolute atomic E-state index is 10.7. The van der Waals surface area contributed by atoms with E-state index in [1.807, 2.05) is 18.2 Å². The first-order valence-corrected chi connectivity index (χ1v) is 5.23. The zero-order chi connectivity index (χ0) is 12.7. The highest BCUT2D eigenvalue weighted by Crippen LogP contribution is 2.15. The van der Waals surface area contributed by atoms with Gasteiger partial charge in [-0.05, 0) is 30.7 Å². The normalized spacial score (nSPS) is 12.0. The Kier molecular flexibility index (Phi) is 4.77. The second-order valence-corrected chi connectivity index (χ2v) is 3.63. The SMILES string of the molecule is CC(CC(N)=O)Oc1ccc(/C=C/C#N)cc1. The average Bonchev–Trinajstić information content (AvgIpc) is 2.27. The number of carbonyl (C=O) groups is 1. The number of benzene rings is 1. The predicted molar refractivity (Wildman–Crippen MR) is 65.0 cm³/mol. The zero-order valence-electron chi connectivity index (χ0n) is 9.59. The van der Waals surface area contributed by atoms with Gasteiger partial charge in [0, 0.05) is 6.08 Å². The third kappa shape index (κ3) is 4.85. The van der Waals surface area contributed by atoms with Gasteiger partial charge in [0.25, 0.3) is 0 Å². The number of primary amides is 1. The molecule has 0 aliphatic carbocycles. The van der Waals surface area contributed by atoms with Crippen LogP contribution < -0.4 is 10.5 Å². The summed E-state index contributed by atoms with van der Waals surface area (Å²) in [5, 5.41) is 8.38. The lowest BCUT2D eigenvalue weighted by molar-refractivity contribution is -0.119. The standard InChI is InChI=1S/C13H14N2O2/c1-10(9-13(15)16)17-12-6-4-11(5-7-12)3-2-8-14/h2-7,10H,9H2,1H3,(H2,15,16)/b3-2+. The first-order valence-electron chi connectivity index (χ1n) is 5.23. The molecule has 1 atom stereocenters. The number of ether oxygens (including phenoxy) is 1. The Bertz CT molecular complexity index is 443. The molecule has 0 radical (unpaired) electrons. The van der Waals surface area contributed by atoms with E-state index in [-0.39, 0.29) is 18.4 Å². The molecule has 1 unspecified atom stereocenters. The number of nitriles is 1. The van der Waals surface area contributed by atoms with Gasteiger partial charge in [-0.2, -0.15) is 5.26 Å². The molecule has 2 N–H and O–H groups in total. The number of nitrogens with zero attached hydrogens (tertiary/aromatic N) is 1. The Labute approximate surface area is 100 Å². The van der Waals surface area contributed by atoms with Gasteiger partial charge < -0.3 is 10.5 Å². The number of hydrogen-bond donors (Lipinski definition) is 1. The molecule has 0 saturated carbocycles. The smallest absolute Gasteiger partial charge is 0.221 e. The molecule has 0 aliphatic heterocycles. The summed E-state index contributed by atoms with van der Waals surface area (Å²) in [4.78, 5) is 10.7. The van der Waals surface area contributed by atoms with Crippen molar-refractivity contribution in [2.24, 2.45) is 5.73 Å². The van der Waals surface area contributed by atoms with Crippen LogP contribution in [0.4, 0.5) is 0 Å². The van der Waals surface area contributed by atoms with Gasteiger partial charge in [-0.25, -0.2) is 0 Å².